The average molecular weight is 289 g/mol. The van der Waals surface area contributed by atoms with Gasteiger partial charge >= 0.3 is 0 Å². The lowest BCUT2D eigenvalue weighted by Crippen LogP contribution is -2.41. The first-order chi connectivity index (χ1) is 9.90. The number of anilines is 2. The number of benzene rings is 1. The molecular weight excluding hydrogens is 262 g/mol. The van der Waals surface area contributed by atoms with Gasteiger partial charge in [-0.1, -0.05) is 19.9 Å². The largest absolute Gasteiger partial charge is 0.398 e. The van der Waals surface area contributed by atoms with E-state index < -0.39 is 0 Å². The summed E-state index contributed by atoms with van der Waals surface area (Å²) in [5, 5.41) is 3.01. The first-order valence-corrected chi connectivity index (χ1v) is 7.80. The second kappa shape index (κ2) is 6.48. The zero-order chi connectivity index (χ0) is 15.6. The van der Waals surface area contributed by atoms with Gasteiger partial charge in [-0.05, 0) is 56.3 Å². The first-order valence-electron chi connectivity index (χ1n) is 7.80. The Kier molecular flexibility index (Phi) is 4.88. The van der Waals surface area contributed by atoms with Crippen LogP contribution in [-0.4, -0.2) is 29.9 Å². The molecule has 1 saturated heterocycles. The quantitative estimate of drug-likeness (QED) is 0.838. The topological polar surface area (TPSA) is 58.4 Å². The van der Waals surface area contributed by atoms with Crippen molar-refractivity contribution in [3.05, 3.63) is 23.8 Å². The molecule has 4 nitrogen and oxygen atoms in total. The number of likely N-dealkylation sites (tertiary alicyclic amines) is 1. The number of nitrogen functional groups attached to an aromatic ring is 1. The summed E-state index contributed by atoms with van der Waals surface area (Å²) in [4.78, 5) is 14.7. The highest BCUT2D eigenvalue weighted by Gasteiger charge is 2.30. The van der Waals surface area contributed by atoms with Gasteiger partial charge in [0.2, 0.25) is 5.91 Å². The molecule has 4 heteroatoms. The molecule has 1 amide bonds. The van der Waals surface area contributed by atoms with Gasteiger partial charge in [0.25, 0.3) is 0 Å². The fourth-order valence-electron chi connectivity index (χ4n) is 2.90. The summed E-state index contributed by atoms with van der Waals surface area (Å²) in [7, 11) is 0. The zero-order valence-corrected chi connectivity index (χ0v) is 13.5. The fourth-order valence-corrected chi connectivity index (χ4v) is 2.90. The number of carbonyl (C=O) groups excluding carboxylic acids is 1. The number of nitrogens with two attached hydrogens (primary N) is 1. The summed E-state index contributed by atoms with van der Waals surface area (Å²) in [6.07, 6.45) is 1.19. The summed E-state index contributed by atoms with van der Waals surface area (Å²) in [6.45, 7) is 10.5. The van der Waals surface area contributed by atoms with Crippen molar-refractivity contribution in [1.82, 2.24) is 4.90 Å². The smallest absolute Gasteiger partial charge is 0.241 e. The van der Waals surface area contributed by atoms with Crippen LogP contribution < -0.4 is 11.1 Å². The molecule has 1 aromatic carbocycles. The van der Waals surface area contributed by atoms with Crippen LogP contribution in [0, 0.1) is 18.8 Å². The molecule has 1 aliphatic rings. The molecule has 1 aromatic rings. The standard InChI is InChI=1S/C17H27N3O/c1-11(2)14-8-9-20(10-14)13(4)17(21)19-16-7-5-6-15(18)12(16)3/h5-7,11,13-14H,8-10,18H2,1-4H3,(H,19,21). The second-order valence-electron chi connectivity index (χ2n) is 6.47. The van der Waals surface area contributed by atoms with Gasteiger partial charge in [-0.3, -0.25) is 9.69 Å². The second-order valence-corrected chi connectivity index (χ2v) is 6.47. The van der Waals surface area contributed by atoms with Gasteiger partial charge in [0.15, 0.2) is 0 Å². The molecule has 116 valence electrons. The van der Waals surface area contributed by atoms with Crippen LogP contribution in [-0.2, 0) is 4.79 Å². The summed E-state index contributed by atoms with van der Waals surface area (Å²) >= 11 is 0. The van der Waals surface area contributed by atoms with Crippen molar-refractivity contribution in [3.8, 4) is 0 Å². The third-order valence-corrected chi connectivity index (χ3v) is 4.76. The van der Waals surface area contributed by atoms with Crippen LogP contribution in [0.3, 0.4) is 0 Å². The van der Waals surface area contributed by atoms with Gasteiger partial charge in [-0.25, -0.2) is 0 Å². The van der Waals surface area contributed by atoms with Gasteiger partial charge in [0.1, 0.15) is 0 Å². The lowest BCUT2D eigenvalue weighted by Gasteiger charge is -2.24. The Morgan fingerprint density at radius 1 is 1.38 bits per heavy atom. The van der Waals surface area contributed by atoms with Gasteiger partial charge in [-0.15, -0.1) is 0 Å². The third kappa shape index (κ3) is 3.56. The number of nitrogens with one attached hydrogen (secondary N) is 1. The molecule has 2 unspecified atom stereocenters. The normalized spacial score (nSPS) is 20.7. The highest BCUT2D eigenvalue weighted by Crippen LogP contribution is 2.26. The Hall–Kier alpha value is -1.55. The highest BCUT2D eigenvalue weighted by atomic mass is 16.2. The molecule has 1 aliphatic heterocycles. The molecule has 0 radical (unpaired) electrons. The van der Waals surface area contributed by atoms with Crippen LogP contribution in [0.15, 0.2) is 18.2 Å². The molecular formula is C17H27N3O. The van der Waals surface area contributed by atoms with E-state index in [0.29, 0.717) is 17.5 Å². The van der Waals surface area contributed by atoms with Crippen molar-refractivity contribution in [2.75, 3.05) is 24.1 Å². The monoisotopic (exact) mass is 289 g/mol. The predicted octanol–water partition coefficient (Wildman–Crippen LogP) is 2.88. The molecule has 0 aromatic heterocycles. The number of nitrogens with zero attached hydrogens (tertiary/aromatic N) is 1. The molecule has 0 spiro atoms. The summed E-state index contributed by atoms with van der Waals surface area (Å²) in [6, 6.07) is 5.52. The fraction of sp³-hybridized carbons (Fsp3) is 0.588. The van der Waals surface area contributed by atoms with E-state index in [1.54, 1.807) is 0 Å². The van der Waals surface area contributed by atoms with Gasteiger partial charge < -0.3 is 11.1 Å². The molecule has 1 heterocycles. The summed E-state index contributed by atoms with van der Waals surface area (Å²) in [5.41, 5.74) is 8.34. The third-order valence-electron chi connectivity index (χ3n) is 4.76. The van der Waals surface area contributed by atoms with Crippen LogP contribution >= 0.6 is 0 Å². The molecule has 0 saturated carbocycles. The van der Waals surface area contributed by atoms with Gasteiger partial charge in [-0.2, -0.15) is 0 Å². The van der Waals surface area contributed by atoms with Crippen molar-refractivity contribution < 1.29 is 4.79 Å². The molecule has 0 bridgehead atoms. The highest BCUT2D eigenvalue weighted by molar-refractivity contribution is 5.95. The van der Waals surface area contributed by atoms with Crippen molar-refractivity contribution in [2.45, 2.75) is 40.2 Å². The maximum Gasteiger partial charge on any atom is 0.241 e. The van der Waals surface area contributed by atoms with Crippen LogP contribution in [0.4, 0.5) is 11.4 Å². The lowest BCUT2D eigenvalue weighted by atomic mass is 9.95. The number of rotatable bonds is 4. The van der Waals surface area contributed by atoms with Crippen LogP contribution in [0.1, 0.15) is 32.8 Å². The van der Waals surface area contributed by atoms with E-state index >= 15 is 0 Å². The molecule has 21 heavy (non-hydrogen) atoms. The minimum Gasteiger partial charge on any atom is -0.398 e. The van der Waals surface area contributed by atoms with Crippen LogP contribution in [0.5, 0.6) is 0 Å². The summed E-state index contributed by atoms with van der Waals surface area (Å²) < 4.78 is 0. The van der Waals surface area contributed by atoms with Gasteiger partial charge in [0, 0.05) is 17.9 Å². The van der Waals surface area contributed by atoms with E-state index in [0.717, 1.165) is 24.3 Å². The average Bonchev–Trinajstić information content (AvgIpc) is 2.93. The molecule has 3 N–H and O–H groups in total. The summed E-state index contributed by atoms with van der Waals surface area (Å²) in [5.74, 6) is 1.43. The van der Waals surface area contributed by atoms with E-state index in [1.165, 1.54) is 6.42 Å². The van der Waals surface area contributed by atoms with E-state index in [1.807, 2.05) is 32.0 Å². The minimum absolute atomic E-state index is 0.0492. The van der Waals surface area contributed by atoms with Crippen molar-refractivity contribution in [1.29, 1.82) is 0 Å². The zero-order valence-electron chi connectivity index (χ0n) is 13.5. The van der Waals surface area contributed by atoms with Gasteiger partial charge in [0.05, 0.1) is 6.04 Å². The van der Waals surface area contributed by atoms with E-state index in [2.05, 4.69) is 24.1 Å². The van der Waals surface area contributed by atoms with Crippen molar-refractivity contribution in [2.24, 2.45) is 11.8 Å². The SMILES string of the molecule is Cc1c(N)cccc1NC(=O)C(C)N1CCC(C(C)C)C1. The molecule has 0 aliphatic carbocycles. The number of carbonyl (C=O) groups is 1. The maximum atomic E-state index is 12.4. The van der Waals surface area contributed by atoms with Crippen LogP contribution in [0.2, 0.25) is 0 Å². The molecule has 2 atom stereocenters. The Labute approximate surface area is 127 Å². The Morgan fingerprint density at radius 2 is 2.10 bits per heavy atom. The maximum absolute atomic E-state index is 12.4. The Bertz CT molecular complexity index is 513. The van der Waals surface area contributed by atoms with E-state index in [9.17, 15) is 4.79 Å². The number of hydrogen-bond donors (Lipinski definition) is 2. The van der Waals surface area contributed by atoms with E-state index in [4.69, 9.17) is 5.73 Å². The van der Waals surface area contributed by atoms with E-state index in [-0.39, 0.29) is 11.9 Å². The number of amides is 1. The Morgan fingerprint density at radius 3 is 2.71 bits per heavy atom. The first kappa shape index (κ1) is 15.8. The number of hydrogen-bond acceptors (Lipinski definition) is 3. The molecule has 2 rings (SSSR count). The van der Waals surface area contributed by atoms with Crippen molar-refractivity contribution in [3.63, 3.8) is 0 Å². The lowest BCUT2D eigenvalue weighted by molar-refractivity contribution is -0.120. The minimum atomic E-state index is -0.102. The predicted molar refractivity (Wildman–Crippen MR) is 88.2 cm³/mol. The van der Waals surface area contributed by atoms with Crippen LogP contribution in [0.25, 0.3) is 0 Å². The Balaban J connectivity index is 1.99. The molecule has 1 fully saturated rings. The van der Waals surface area contributed by atoms with Crippen molar-refractivity contribution >= 4 is 17.3 Å².